The summed E-state index contributed by atoms with van der Waals surface area (Å²) in [6, 6.07) is 16.0. The van der Waals surface area contributed by atoms with Gasteiger partial charge in [0.2, 0.25) is 5.95 Å². The first-order valence-electron chi connectivity index (χ1n) is 8.84. The maximum Gasteiger partial charge on any atom is 0.229 e. The fraction of sp³-hybridized carbons (Fsp3) is 0.300. The van der Waals surface area contributed by atoms with E-state index in [1.807, 2.05) is 42.5 Å². The molecular formula is C20H23N5O. The molecule has 2 aromatic carbocycles. The van der Waals surface area contributed by atoms with Crippen molar-refractivity contribution in [3.8, 4) is 5.75 Å². The quantitative estimate of drug-likeness (QED) is 0.781. The number of benzene rings is 2. The molecule has 6 nitrogen and oxygen atoms in total. The highest BCUT2D eigenvalue weighted by Crippen LogP contribution is 2.28. The zero-order valence-corrected chi connectivity index (χ0v) is 15.1. The van der Waals surface area contributed by atoms with Crippen molar-refractivity contribution in [1.82, 2.24) is 14.9 Å². The van der Waals surface area contributed by atoms with Crippen LogP contribution in [0.15, 0.2) is 48.5 Å². The van der Waals surface area contributed by atoms with Crippen LogP contribution >= 0.6 is 0 Å². The molecule has 0 spiro atoms. The number of likely N-dealkylation sites (N-methyl/N-ethyl adjacent to an activating group) is 1. The predicted molar refractivity (Wildman–Crippen MR) is 106 cm³/mol. The zero-order chi connectivity index (χ0) is 17.9. The lowest BCUT2D eigenvalue weighted by Gasteiger charge is -2.33. The average molecular weight is 349 g/mol. The molecule has 0 bridgehead atoms. The molecule has 26 heavy (non-hydrogen) atoms. The van der Waals surface area contributed by atoms with Gasteiger partial charge in [-0.25, -0.2) is 4.98 Å². The molecule has 6 heteroatoms. The van der Waals surface area contributed by atoms with Gasteiger partial charge in [0.1, 0.15) is 11.6 Å². The number of para-hydroxylation sites is 1. The number of ether oxygens (including phenoxy) is 1. The summed E-state index contributed by atoms with van der Waals surface area (Å²) in [5.41, 5.74) is 1.85. The minimum Gasteiger partial charge on any atom is -0.497 e. The van der Waals surface area contributed by atoms with Gasteiger partial charge in [0.25, 0.3) is 0 Å². The second kappa shape index (κ2) is 7.17. The van der Waals surface area contributed by atoms with Crippen LogP contribution in [-0.4, -0.2) is 55.2 Å². The van der Waals surface area contributed by atoms with Gasteiger partial charge in [-0.05, 0) is 31.3 Å². The van der Waals surface area contributed by atoms with Crippen LogP contribution in [0.25, 0.3) is 10.9 Å². The van der Waals surface area contributed by atoms with Gasteiger partial charge in [0.05, 0.1) is 12.6 Å². The van der Waals surface area contributed by atoms with Crippen LogP contribution in [0.1, 0.15) is 0 Å². The number of fused-ring (bicyclic) bond motifs is 1. The number of hydrogen-bond donors (Lipinski definition) is 1. The van der Waals surface area contributed by atoms with Gasteiger partial charge in [0.15, 0.2) is 0 Å². The summed E-state index contributed by atoms with van der Waals surface area (Å²) in [5.74, 6) is 2.40. The molecular weight excluding hydrogens is 326 g/mol. The Morgan fingerprint density at radius 1 is 0.962 bits per heavy atom. The molecule has 1 aromatic heterocycles. The summed E-state index contributed by atoms with van der Waals surface area (Å²) in [6.07, 6.45) is 0. The molecule has 1 N–H and O–H groups in total. The molecule has 0 radical (unpaired) electrons. The zero-order valence-electron chi connectivity index (χ0n) is 15.1. The Bertz CT molecular complexity index is 906. The lowest BCUT2D eigenvalue weighted by molar-refractivity contribution is 0.312. The van der Waals surface area contributed by atoms with Crippen LogP contribution in [0, 0.1) is 0 Å². The second-order valence-electron chi connectivity index (χ2n) is 6.54. The molecule has 134 valence electrons. The minimum absolute atomic E-state index is 0.603. The van der Waals surface area contributed by atoms with Crippen molar-refractivity contribution in [2.45, 2.75) is 0 Å². The lowest BCUT2D eigenvalue weighted by Crippen LogP contribution is -2.45. The van der Waals surface area contributed by atoms with Crippen molar-refractivity contribution < 1.29 is 4.74 Å². The van der Waals surface area contributed by atoms with E-state index in [2.05, 4.69) is 28.2 Å². The van der Waals surface area contributed by atoms with Gasteiger partial charge in [0, 0.05) is 43.3 Å². The number of nitrogens with one attached hydrogen (secondary N) is 1. The first kappa shape index (κ1) is 16.6. The molecule has 0 amide bonds. The van der Waals surface area contributed by atoms with E-state index >= 15 is 0 Å². The molecule has 0 atom stereocenters. The molecule has 0 aliphatic carbocycles. The SMILES string of the molecule is COc1cccc(Nc2nc(N3CCN(C)CC3)c3ccccc3n2)c1. The van der Waals surface area contributed by atoms with E-state index < -0.39 is 0 Å². The third kappa shape index (κ3) is 3.41. The molecule has 1 saturated heterocycles. The Morgan fingerprint density at radius 2 is 1.77 bits per heavy atom. The van der Waals surface area contributed by atoms with Crippen LogP contribution in [0.3, 0.4) is 0 Å². The molecule has 1 fully saturated rings. The summed E-state index contributed by atoms with van der Waals surface area (Å²) in [6.45, 7) is 4.01. The minimum atomic E-state index is 0.603. The number of nitrogens with zero attached hydrogens (tertiary/aromatic N) is 4. The first-order chi connectivity index (χ1) is 12.7. The molecule has 1 aliphatic rings. The van der Waals surface area contributed by atoms with Crippen molar-refractivity contribution in [3.63, 3.8) is 0 Å². The Balaban J connectivity index is 1.71. The second-order valence-corrected chi connectivity index (χ2v) is 6.54. The number of aromatic nitrogens is 2. The van der Waals surface area contributed by atoms with Crippen molar-refractivity contribution in [3.05, 3.63) is 48.5 Å². The van der Waals surface area contributed by atoms with Crippen LogP contribution in [0.2, 0.25) is 0 Å². The van der Waals surface area contributed by atoms with Gasteiger partial charge in [-0.15, -0.1) is 0 Å². The highest BCUT2D eigenvalue weighted by atomic mass is 16.5. The van der Waals surface area contributed by atoms with E-state index in [1.54, 1.807) is 7.11 Å². The Labute approximate surface area is 153 Å². The van der Waals surface area contributed by atoms with Gasteiger partial charge >= 0.3 is 0 Å². The Hall–Kier alpha value is -2.86. The summed E-state index contributed by atoms with van der Waals surface area (Å²) in [4.78, 5) is 14.2. The molecule has 3 aromatic rings. The van der Waals surface area contributed by atoms with Gasteiger partial charge in [-0.3, -0.25) is 0 Å². The Morgan fingerprint density at radius 3 is 2.58 bits per heavy atom. The molecule has 0 saturated carbocycles. The molecule has 0 unspecified atom stereocenters. The Kier molecular flexibility index (Phi) is 4.58. The standard InChI is InChI=1S/C20H23N5O/c1-24-10-12-25(13-11-24)19-17-8-3-4-9-18(17)22-20(23-19)21-15-6-5-7-16(14-15)26-2/h3-9,14H,10-13H2,1-2H3,(H,21,22,23). The van der Waals surface area contributed by atoms with Crippen molar-refractivity contribution in [2.75, 3.05) is 50.6 Å². The largest absolute Gasteiger partial charge is 0.497 e. The molecule has 1 aliphatic heterocycles. The van der Waals surface area contributed by atoms with Gasteiger partial charge in [-0.1, -0.05) is 18.2 Å². The third-order valence-electron chi connectivity index (χ3n) is 4.71. The molecule has 4 rings (SSSR count). The smallest absolute Gasteiger partial charge is 0.229 e. The van der Waals surface area contributed by atoms with E-state index in [1.165, 1.54) is 0 Å². The number of rotatable bonds is 4. The number of hydrogen-bond acceptors (Lipinski definition) is 6. The highest BCUT2D eigenvalue weighted by molar-refractivity contribution is 5.90. The summed E-state index contributed by atoms with van der Waals surface area (Å²) in [5, 5.41) is 4.41. The summed E-state index contributed by atoms with van der Waals surface area (Å²) in [7, 11) is 3.82. The van der Waals surface area contributed by atoms with E-state index in [0.717, 1.165) is 54.3 Å². The first-order valence-corrected chi connectivity index (χ1v) is 8.84. The topological polar surface area (TPSA) is 53.5 Å². The van der Waals surface area contributed by atoms with Crippen LogP contribution in [-0.2, 0) is 0 Å². The fourth-order valence-electron chi connectivity index (χ4n) is 3.20. The average Bonchev–Trinajstić information content (AvgIpc) is 2.68. The van der Waals surface area contributed by atoms with Crippen molar-refractivity contribution >= 4 is 28.4 Å². The van der Waals surface area contributed by atoms with Crippen LogP contribution in [0.5, 0.6) is 5.75 Å². The van der Waals surface area contributed by atoms with Crippen LogP contribution < -0.4 is 15.0 Å². The number of anilines is 3. The normalized spacial score (nSPS) is 15.2. The van der Waals surface area contributed by atoms with Gasteiger partial charge in [-0.2, -0.15) is 4.98 Å². The van der Waals surface area contributed by atoms with E-state index in [-0.39, 0.29) is 0 Å². The summed E-state index contributed by atoms with van der Waals surface area (Å²) < 4.78 is 5.30. The maximum atomic E-state index is 5.30. The number of methoxy groups -OCH3 is 1. The van der Waals surface area contributed by atoms with E-state index in [0.29, 0.717) is 5.95 Å². The van der Waals surface area contributed by atoms with E-state index in [9.17, 15) is 0 Å². The van der Waals surface area contributed by atoms with E-state index in [4.69, 9.17) is 14.7 Å². The van der Waals surface area contributed by atoms with Crippen molar-refractivity contribution in [1.29, 1.82) is 0 Å². The van der Waals surface area contributed by atoms with Crippen molar-refractivity contribution in [2.24, 2.45) is 0 Å². The third-order valence-corrected chi connectivity index (χ3v) is 4.71. The van der Waals surface area contributed by atoms with Gasteiger partial charge < -0.3 is 19.9 Å². The predicted octanol–water partition coefficient (Wildman–Crippen LogP) is 3.13. The highest BCUT2D eigenvalue weighted by Gasteiger charge is 2.19. The maximum absolute atomic E-state index is 5.30. The summed E-state index contributed by atoms with van der Waals surface area (Å²) >= 11 is 0. The molecule has 2 heterocycles. The fourth-order valence-corrected chi connectivity index (χ4v) is 3.20. The van der Waals surface area contributed by atoms with Crippen LogP contribution in [0.4, 0.5) is 17.5 Å². The number of piperazine rings is 1. The monoisotopic (exact) mass is 349 g/mol. The lowest BCUT2D eigenvalue weighted by atomic mass is 10.2.